The monoisotopic (exact) mass is 459 g/mol. The van der Waals surface area contributed by atoms with Gasteiger partial charge in [0.25, 0.3) is 0 Å². The van der Waals surface area contributed by atoms with Crippen LogP contribution in [0.1, 0.15) is 25.3 Å². The van der Waals surface area contributed by atoms with E-state index in [9.17, 15) is 22.0 Å². The van der Waals surface area contributed by atoms with E-state index in [0.29, 0.717) is 22.7 Å². The zero-order chi connectivity index (χ0) is 24.1. The Balaban J connectivity index is 2.34. The van der Waals surface area contributed by atoms with Crippen LogP contribution in [0.2, 0.25) is 0 Å². The standard InChI is InChI=1S/C21H22F5N3O3/c1-13(3-12-19(30)31)29(28-14(2)15-4-6-16(27)7-5-15)17-8-10-18(11-9-17)32-21(25,26)20(22,23)24/h4-11,19,30-31H,1,3,12,27H2,2H3/b28-14+. The molecule has 0 aliphatic heterocycles. The van der Waals surface area contributed by atoms with Crippen LogP contribution in [-0.4, -0.2) is 34.5 Å². The van der Waals surface area contributed by atoms with Crippen LogP contribution in [0.25, 0.3) is 0 Å². The maximum absolute atomic E-state index is 13.1. The molecule has 0 aromatic heterocycles. The minimum absolute atomic E-state index is 0.0508. The average molecular weight is 459 g/mol. The molecule has 0 bridgehead atoms. The second-order valence-corrected chi connectivity index (χ2v) is 6.82. The summed E-state index contributed by atoms with van der Waals surface area (Å²) in [5.74, 6) is -0.702. The van der Waals surface area contributed by atoms with Crippen molar-refractivity contribution in [3.8, 4) is 5.75 Å². The zero-order valence-electron chi connectivity index (χ0n) is 17.0. The van der Waals surface area contributed by atoms with Crippen molar-refractivity contribution >= 4 is 17.1 Å². The number of aliphatic hydroxyl groups is 2. The first kappa shape index (κ1) is 25.1. The fourth-order valence-corrected chi connectivity index (χ4v) is 2.51. The third-order valence-electron chi connectivity index (χ3n) is 4.23. The molecule has 0 aliphatic rings. The van der Waals surface area contributed by atoms with Crippen LogP contribution in [0.5, 0.6) is 5.75 Å². The highest BCUT2D eigenvalue weighted by molar-refractivity contribution is 5.99. The molecule has 11 heteroatoms. The van der Waals surface area contributed by atoms with Crippen molar-refractivity contribution in [1.82, 2.24) is 0 Å². The van der Waals surface area contributed by atoms with Crippen molar-refractivity contribution in [2.75, 3.05) is 10.7 Å². The van der Waals surface area contributed by atoms with E-state index >= 15 is 0 Å². The fraction of sp³-hybridized carbons (Fsp3) is 0.286. The highest BCUT2D eigenvalue weighted by Crippen LogP contribution is 2.37. The lowest BCUT2D eigenvalue weighted by molar-refractivity contribution is -0.360. The summed E-state index contributed by atoms with van der Waals surface area (Å²) in [5.41, 5.74) is 8.04. The molecule has 0 amide bonds. The van der Waals surface area contributed by atoms with Crippen LogP contribution in [0, 0.1) is 0 Å². The first-order chi connectivity index (χ1) is 14.8. The number of hydrogen-bond donors (Lipinski definition) is 3. The van der Waals surface area contributed by atoms with Gasteiger partial charge in [0, 0.05) is 17.8 Å². The van der Waals surface area contributed by atoms with E-state index < -0.39 is 24.3 Å². The number of nitrogens with zero attached hydrogens (tertiary/aromatic N) is 2. The van der Waals surface area contributed by atoms with E-state index in [1.54, 1.807) is 31.2 Å². The Bertz CT molecular complexity index is 943. The molecule has 4 N–H and O–H groups in total. The first-order valence-corrected chi connectivity index (χ1v) is 9.29. The number of hydrazone groups is 1. The van der Waals surface area contributed by atoms with Gasteiger partial charge in [-0.25, -0.2) is 5.01 Å². The Morgan fingerprint density at radius 1 is 1.06 bits per heavy atom. The number of benzene rings is 2. The molecule has 0 saturated heterocycles. The normalized spacial score (nSPS) is 12.7. The Hall–Kier alpha value is -3.18. The summed E-state index contributed by atoms with van der Waals surface area (Å²) >= 11 is 0. The summed E-state index contributed by atoms with van der Waals surface area (Å²) in [6.07, 6.45) is -12.7. The quantitative estimate of drug-likeness (QED) is 0.167. The van der Waals surface area contributed by atoms with Crippen molar-refractivity contribution < 1.29 is 36.9 Å². The molecule has 2 rings (SSSR count). The summed E-state index contributed by atoms with van der Waals surface area (Å²) in [6, 6.07) is 11.1. The fourth-order valence-electron chi connectivity index (χ4n) is 2.51. The third kappa shape index (κ3) is 6.66. The second kappa shape index (κ2) is 9.96. The number of alkyl halides is 5. The average Bonchev–Trinajstić information content (AvgIpc) is 2.70. The minimum Gasteiger partial charge on any atom is -0.426 e. The molecule has 2 aromatic carbocycles. The largest absolute Gasteiger partial charge is 0.499 e. The molecule has 32 heavy (non-hydrogen) atoms. The van der Waals surface area contributed by atoms with Crippen LogP contribution in [0.4, 0.5) is 33.3 Å². The molecule has 0 spiro atoms. The van der Waals surface area contributed by atoms with Gasteiger partial charge < -0.3 is 20.7 Å². The molecule has 2 aromatic rings. The second-order valence-electron chi connectivity index (χ2n) is 6.82. The summed E-state index contributed by atoms with van der Waals surface area (Å²) in [5, 5.41) is 24.0. The SMILES string of the molecule is C=C(CCC(O)O)N(/N=C(\C)c1ccc(N)cc1)c1ccc(OC(F)(F)C(F)(F)F)cc1. The van der Waals surface area contributed by atoms with Crippen molar-refractivity contribution in [3.05, 3.63) is 66.4 Å². The molecule has 0 fully saturated rings. The van der Waals surface area contributed by atoms with Crippen molar-refractivity contribution in [3.63, 3.8) is 0 Å². The molecule has 0 saturated carbocycles. The summed E-state index contributed by atoms with van der Waals surface area (Å²) in [7, 11) is 0. The number of rotatable bonds is 9. The number of ether oxygens (including phenoxy) is 1. The minimum atomic E-state index is -5.86. The lowest BCUT2D eigenvalue weighted by atomic mass is 10.1. The molecule has 0 unspecified atom stereocenters. The number of nitrogen functional groups attached to an aromatic ring is 1. The molecule has 6 nitrogen and oxygen atoms in total. The van der Waals surface area contributed by atoms with Crippen LogP contribution in [-0.2, 0) is 0 Å². The molecule has 0 radical (unpaired) electrons. The van der Waals surface area contributed by atoms with E-state index in [1.807, 2.05) is 0 Å². The van der Waals surface area contributed by atoms with Gasteiger partial charge in [0.05, 0.1) is 11.4 Å². The van der Waals surface area contributed by atoms with E-state index in [2.05, 4.69) is 16.4 Å². The predicted octanol–water partition coefficient (Wildman–Crippen LogP) is 4.64. The zero-order valence-corrected chi connectivity index (χ0v) is 17.0. The molecular weight excluding hydrogens is 437 g/mol. The van der Waals surface area contributed by atoms with Crippen LogP contribution in [0.3, 0.4) is 0 Å². The lowest BCUT2D eigenvalue weighted by Crippen LogP contribution is -2.41. The van der Waals surface area contributed by atoms with Gasteiger partial charge in [-0.1, -0.05) is 18.7 Å². The predicted molar refractivity (Wildman–Crippen MR) is 110 cm³/mol. The van der Waals surface area contributed by atoms with Gasteiger partial charge in [0.15, 0.2) is 6.29 Å². The highest BCUT2D eigenvalue weighted by atomic mass is 19.4. The molecule has 0 heterocycles. The molecular formula is C21H22F5N3O3. The Morgan fingerprint density at radius 2 is 1.62 bits per heavy atom. The summed E-state index contributed by atoms with van der Waals surface area (Å²) in [4.78, 5) is 0. The van der Waals surface area contributed by atoms with E-state index in [-0.39, 0.29) is 18.5 Å². The van der Waals surface area contributed by atoms with Gasteiger partial charge >= 0.3 is 12.3 Å². The number of halogens is 5. The van der Waals surface area contributed by atoms with Gasteiger partial charge in [-0.3, -0.25) is 0 Å². The maximum Gasteiger partial charge on any atom is 0.499 e. The van der Waals surface area contributed by atoms with Gasteiger partial charge in [-0.15, -0.1) is 0 Å². The number of anilines is 2. The van der Waals surface area contributed by atoms with Crippen LogP contribution in [0.15, 0.2) is 65.9 Å². The summed E-state index contributed by atoms with van der Waals surface area (Å²) in [6.45, 7) is 5.54. The molecule has 0 aliphatic carbocycles. The Labute approximate surface area is 181 Å². The van der Waals surface area contributed by atoms with Crippen molar-refractivity contribution in [2.24, 2.45) is 5.10 Å². The Kier molecular flexibility index (Phi) is 7.81. The lowest BCUT2D eigenvalue weighted by Gasteiger charge is -2.24. The van der Waals surface area contributed by atoms with Crippen LogP contribution >= 0.6 is 0 Å². The van der Waals surface area contributed by atoms with Gasteiger partial charge in [-0.2, -0.15) is 27.1 Å². The summed E-state index contributed by atoms with van der Waals surface area (Å²) < 4.78 is 67.1. The van der Waals surface area contributed by atoms with Gasteiger partial charge in [-0.05, 0) is 55.3 Å². The topological polar surface area (TPSA) is 91.3 Å². The number of allylic oxidation sites excluding steroid dienone is 1. The van der Waals surface area contributed by atoms with Crippen LogP contribution < -0.4 is 15.5 Å². The number of hydrogen-bond acceptors (Lipinski definition) is 6. The smallest absolute Gasteiger partial charge is 0.426 e. The van der Waals surface area contributed by atoms with Gasteiger partial charge in [0.1, 0.15) is 5.75 Å². The maximum atomic E-state index is 13.1. The van der Waals surface area contributed by atoms with Crippen molar-refractivity contribution in [1.29, 1.82) is 0 Å². The first-order valence-electron chi connectivity index (χ1n) is 9.29. The van der Waals surface area contributed by atoms with E-state index in [0.717, 1.165) is 12.1 Å². The Morgan fingerprint density at radius 3 is 2.12 bits per heavy atom. The number of aliphatic hydroxyl groups excluding tert-OH is 1. The number of nitrogens with two attached hydrogens (primary N) is 1. The van der Waals surface area contributed by atoms with E-state index in [1.165, 1.54) is 17.1 Å². The van der Waals surface area contributed by atoms with Crippen molar-refractivity contribution in [2.45, 2.75) is 38.3 Å². The van der Waals surface area contributed by atoms with Gasteiger partial charge in [0.2, 0.25) is 0 Å². The molecule has 174 valence electrons. The molecule has 0 atom stereocenters. The third-order valence-corrected chi connectivity index (χ3v) is 4.23. The van der Waals surface area contributed by atoms with E-state index in [4.69, 9.17) is 15.9 Å². The highest BCUT2D eigenvalue weighted by Gasteiger charge is 2.61.